The highest BCUT2D eigenvalue weighted by Gasteiger charge is 2.38. The normalized spacial score (nSPS) is 12.3. The lowest BCUT2D eigenvalue weighted by Gasteiger charge is -2.15. The van der Waals surface area contributed by atoms with E-state index in [0.717, 1.165) is 17.0 Å². The van der Waals surface area contributed by atoms with Crippen molar-refractivity contribution in [2.24, 2.45) is 0 Å². The van der Waals surface area contributed by atoms with Crippen LogP contribution >= 0.6 is 0 Å². The van der Waals surface area contributed by atoms with Gasteiger partial charge in [-0.05, 0) is 11.6 Å². The van der Waals surface area contributed by atoms with Crippen molar-refractivity contribution >= 4 is 25.0 Å². The summed E-state index contributed by atoms with van der Waals surface area (Å²) in [6.07, 6.45) is -1.79. The largest absolute Gasteiger partial charge is 0.471 e. The molecule has 0 bridgehead atoms. The first kappa shape index (κ1) is 22.9. The van der Waals surface area contributed by atoms with Gasteiger partial charge in [-0.1, -0.05) is 43.9 Å². The molecule has 2 aromatic heterocycles. The number of aromatic nitrogens is 4. The van der Waals surface area contributed by atoms with Gasteiger partial charge in [0.15, 0.2) is 5.65 Å². The highest BCUT2D eigenvalue weighted by atomic mass is 28.3. The fraction of sp³-hybridized carbons (Fsp3) is 0.400. The maximum Gasteiger partial charge on any atom is 0.471 e. The number of halogens is 3. The molecule has 2 heterocycles. The molecule has 0 radical (unpaired) electrons. The molecule has 0 saturated carbocycles. The van der Waals surface area contributed by atoms with Crippen molar-refractivity contribution in [1.29, 1.82) is 0 Å². The van der Waals surface area contributed by atoms with Crippen LogP contribution in [0.3, 0.4) is 0 Å². The maximum absolute atomic E-state index is 12.3. The number of fused-ring (bicyclic) bond motifs is 1. The lowest BCUT2D eigenvalue weighted by atomic mass is 10.1. The predicted octanol–water partition coefficient (Wildman–Crippen LogP) is 3.98. The summed E-state index contributed by atoms with van der Waals surface area (Å²) in [4.78, 5) is 19.6. The molecule has 1 amide bonds. The van der Waals surface area contributed by atoms with Crippen LogP contribution in [0.15, 0.2) is 36.8 Å². The Kier molecular flexibility index (Phi) is 6.75. The van der Waals surface area contributed by atoms with E-state index in [1.165, 1.54) is 6.33 Å². The Morgan fingerprint density at radius 3 is 2.52 bits per heavy atom. The minimum atomic E-state index is -4.90. The number of carbonyl (C=O) groups is 1. The molecule has 0 aliphatic carbocycles. The summed E-state index contributed by atoms with van der Waals surface area (Å²) in [6, 6.07) is 7.81. The minimum Gasteiger partial charge on any atom is -0.359 e. The molecule has 31 heavy (non-hydrogen) atoms. The van der Waals surface area contributed by atoms with Crippen LogP contribution in [-0.4, -0.2) is 46.5 Å². The van der Waals surface area contributed by atoms with Crippen molar-refractivity contribution in [3.8, 4) is 11.3 Å². The van der Waals surface area contributed by atoms with Crippen molar-refractivity contribution in [3.05, 3.63) is 42.4 Å². The second kappa shape index (κ2) is 9.14. The fourth-order valence-corrected chi connectivity index (χ4v) is 3.57. The van der Waals surface area contributed by atoms with E-state index >= 15 is 0 Å². The average Bonchev–Trinajstić information content (AvgIpc) is 3.11. The number of hydrogen-bond acceptors (Lipinski definition) is 5. The molecule has 0 spiro atoms. The molecule has 0 atom stereocenters. The van der Waals surface area contributed by atoms with Gasteiger partial charge in [-0.2, -0.15) is 18.3 Å². The Labute approximate surface area is 178 Å². The minimum absolute atomic E-state index is 0.218. The van der Waals surface area contributed by atoms with E-state index in [2.05, 4.69) is 34.7 Å². The number of rotatable bonds is 8. The van der Waals surface area contributed by atoms with Crippen LogP contribution in [0.4, 0.5) is 13.2 Å². The summed E-state index contributed by atoms with van der Waals surface area (Å²) in [5.41, 5.74) is 2.60. The number of alkyl halides is 3. The van der Waals surface area contributed by atoms with Crippen molar-refractivity contribution in [1.82, 2.24) is 25.1 Å². The number of ether oxygens (including phenoxy) is 1. The molecule has 0 fully saturated rings. The number of benzene rings is 1. The molecule has 0 aliphatic rings. The molecular formula is C20H24F3N5O2Si. The molecule has 0 unspecified atom stereocenters. The quantitative estimate of drug-likeness (QED) is 0.414. The molecule has 3 rings (SSSR count). The second-order valence-electron chi connectivity index (χ2n) is 8.33. The third-order valence-electron chi connectivity index (χ3n) is 4.58. The van der Waals surface area contributed by atoms with Crippen LogP contribution in [0.2, 0.25) is 25.7 Å². The SMILES string of the molecule is C[Si](C)(C)CCOCn1ncc2c(-c3ccc(CNC(=O)C(F)(F)F)cc3)ncnc21. The van der Waals surface area contributed by atoms with Gasteiger partial charge in [0, 0.05) is 26.8 Å². The number of nitrogens with one attached hydrogen (secondary N) is 1. The lowest BCUT2D eigenvalue weighted by molar-refractivity contribution is -0.173. The Hall–Kier alpha value is -2.79. The Balaban J connectivity index is 1.70. The zero-order valence-electron chi connectivity index (χ0n) is 17.5. The van der Waals surface area contributed by atoms with E-state index < -0.39 is 20.2 Å². The first-order valence-corrected chi connectivity index (χ1v) is 13.4. The monoisotopic (exact) mass is 451 g/mol. The van der Waals surface area contributed by atoms with Crippen LogP contribution in [0.1, 0.15) is 5.56 Å². The van der Waals surface area contributed by atoms with Gasteiger partial charge in [-0.25, -0.2) is 14.6 Å². The summed E-state index contributed by atoms with van der Waals surface area (Å²) in [5, 5.41) is 6.95. The number of carbonyl (C=O) groups excluding carboxylic acids is 1. The predicted molar refractivity (Wildman–Crippen MR) is 113 cm³/mol. The van der Waals surface area contributed by atoms with Crippen molar-refractivity contribution in [2.45, 2.75) is 45.1 Å². The van der Waals surface area contributed by atoms with Crippen LogP contribution in [0.5, 0.6) is 0 Å². The van der Waals surface area contributed by atoms with Crippen LogP contribution < -0.4 is 5.32 Å². The Morgan fingerprint density at radius 1 is 1.16 bits per heavy atom. The van der Waals surface area contributed by atoms with Gasteiger partial charge >= 0.3 is 12.1 Å². The Bertz CT molecular complexity index is 1050. The van der Waals surface area contributed by atoms with Crippen LogP contribution in [0, 0.1) is 0 Å². The molecule has 1 aromatic carbocycles. The van der Waals surface area contributed by atoms with Gasteiger partial charge in [-0.3, -0.25) is 4.79 Å². The van der Waals surface area contributed by atoms with E-state index in [0.29, 0.717) is 30.2 Å². The summed E-state index contributed by atoms with van der Waals surface area (Å²) >= 11 is 0. The van der Waals surface area contributed by atoms with Crippen molar-refractivity contribution in [3.63, 3.8) is 0 Å². The number of hydrogen-bond donors (Lipinski definition) is 1. The van der Waals surface area contributed by atoms with Crippen LogP contribution in [0.25, 0.3) is 22.3 Å². The highest BCUT2D eigenvalue weighted by Crippen LogP contribution is 2.25. The molecule has 0 aliphatic heterocycles. The van der Waals surface area contributed by atoms with Crippen molar-refractivity contribution < 1.29 is 22.7 Å². The van der Waals surface area contributed by atoms with E-state index in [9.17, 15) is 18.0 Å². The van der Waals surface area contributed by atoms with Gasteiger partial charge in [0.2, 0.25) is 0 Å². The lowest BCUT2D eigenvalue weighted by Crippen LogP contribution is -2.36. The van der Waals surface area contributed by atoms with Crippen molar-refractivity contribution in [2.75, 3.05) is 6.61 Å². The van der Waals surface area contributed by atoms with E-state index in [-0.39, 0.29) is 6.54 Å². The standard InChI is InChI=1S/C20H24F3N5O2Si/c1-31(2,3)9-8-30-13-28-18-16(11-27-28)17(25-12-26-18)15-6-4-14(5-7-15)10-24-19(29)20(21,22)23/h4-7,11-12H,8-10,13H2,1-3H3,(H,24,29). The number of amides is 1. The molecular weight excluding hydrogens is 427 g/mol. The molecule has 3 aromatic rings. The van der Waals surface area contributed by atoms with Gasteiger partial charge in [0.25, 0.3) is 0 Å². The molecule has 1 N–H and O–H groups in total. The third kappa shape index (κ3) is 6.11. The zero-order chi connectivity index (χ0) is 22.6. The van der Waals surface area contributed by atoms with E-state index in [1.807, 2.05) is 5.32 Å². The second-order valence-corrected chi connectivity index (χ2v) is 14.0. The summed E-state index contributed by atoms with van der Waals surface area (Å²) in [6.45, 7) is 7.60. The Morgan fingerprint density at radius 2 is 1.87 bits per heavy atom. The van der Waals surface area contributed by atoms with E-state index in [1.54, 1.807) is 35.1 Å². The summed E-state index contributed by atoms with van der Waals surface area (Å²) in [5.74, 6) is -1.96. The van der Waals surface area contributed by atoms with Gasteiger partial charge < -0.3 is 10.1 Å². The van der Waals surface area contributed by atoms with Gasteiger partial charge in [0.1, 0.15) is 13.1 Å². The summed E-state index contributed by atoms with van der Waals surface area (Å²) < 4.78 is 44.3. The topological polar surface area (TPSA) is 81.9 Å². The first-order valence-electron chi connectivity index (χ1n) is 9.73. The van der Waals surface area contributed by atoms with Crippen LogP contribution in [-0.2, 0) is 22.8 Å². The zero-order valence-corrected chi connectivity index (χ0v) is 18.5. The molecule has 7 nitrogen and oxygen atoms in total. The first-order chi connectivity index (χ1) is 14.5. The average molecular weight is 452 g/mol. The molecule has 11 heteroatoms. The fourth-order valence-electron chi connectivity index (χ4n) is 2.81. The van der Waals surface area contributed by atoms with Gasteiger partial charge in [-0.15, -0.1) is 0 Å². The van der Waals surface area contributed by atoms with Gasteiger partial charge in [0.05, 0.1) is 17.3 Å². The molecule has 166 valence electrons. The maximum atomic E-state index is 12.3. The third-order valence-corrected chi connectivity index (χ3v) is 6.29. The van der Waals surface area contributed by atoms with E-state index in [4.69, 9.17) is 4.74 Å². The molecule has 0 saturated heterocycles. The number of nitrogens with zero attached hydrogens (tertiary/aromatic N) is 4. The smallest absolute Gasteiger partial charge is 0.359 e. The summed E-state index contributed by atoms with van der Waals surface area (Å²) in [7, 11) is -1.17. The highest BCUT2D eigenvalue weighted by molar-refractivity contribution is 6.76.